The Hall–Kier alpha value is -0.610. The number of aliphatic carboxylic acids is 1. The van der Waals surface area contributed by atoms with Crippen LogP contribution in [0.2, 0.25) is 0 Å². The van der Waals surface area contributed by atoms with Crippen molar-refractivity contribution in [3.63, 3.8) is 0 Å². The van der Waals surface area contributed by atoms with Crippen LogP contribution >= 0.6 is 0 Å². The van der Waals surface area contributed by atoms with E-state index in [4.69, 9.17) is 9.84 Å². The van der Waals surface area contributed by atoms with E-state index in [1.54, 1.807) is 0 Å². The summed E-state index contributed by atoms with van der Waals surface area (Å²) in [4.78, 5) is 11.3. The third-order valence-electron chi connectivity index (χ3n) is 3.70. The molecule has 0 saturated heterocycles. The summed E-state index contributed by atoms with van der Waals surface area (Å²) in [5.41, 5.74) is -1.01. The number of aliphatic hydroxyl groups excluding tert-OH is 1. The van der Waals surface area contributed by atoms with Gasteiger partial charge in [0.1, 0.15) is 0 Å². The van der Waals surface area contributed by atoms with Gasteiger partial charge in [-0.2, -0.15) is 0 Å². The minimum Gasteiger partial charge on any atom is -0.479 e. The highest BCUT2D eigenvalue weighted by Gasteiger charge is 2.44. The number of hydrogen-bond acceptors (Lipinski definition) is 3. The highest BCUT2D eigenvalue weighted by Crippen LogP contribution is 2.38. The number of ether oxygens (including phenoxy) is 1. The van der Waals surface area contributed by atoms with E-state index in [1.165, 1.54) is 0 Å². The molecule has 1 fully saturated rings. The summed E-state index contributed by atoms with van der Waals surface area (Å²) in [6, 6.07) is 0. The van der Waals surface area contributed by atoms with Crippen LogP contribution in [0.25, 0.3) is 0 Å². The first-order chi connectivity index (χ1) is 7.52. The molecule has 4 heteroatoms. The molecule has 0 aromatic rings. The van der Waals surface area contributed by atoms with E-state index in [0.717, 1.165) is 6.42 Å². The molecule has 0 aromatic heterocycles. The zero-order valence-corrected chi connectivity index (χ0v) is 10.1. The zero-order valence-electron chi connectivity index (χ0n) is 10.1. The summed E-state index contributed by atoms with van der Waals surface area (Å²) in [6.45, 7) is 4.60. The first-order valence-electron chi connectivity index (χ1n) is 6.00. The fourth-order valence-electron chi connectivity index (χ4n) is 2.29. The molecule has 0 radical (unpaired) electrons. The Bertz CT molecular complexity index is 241. The predicted octanol–water partition coefficient (Wildman–Crippen LogP) is 1.66. The van der Waals surface area contributed by atoms with Gasteiger partial charge in [0.2, 0.25) is 0 Å². The Morgan fingerprint density at radius 3 is 2.62 bits per heavy atom. The molecule has 3 unspecified atom stereocenters. The molecular weight excluding hydrogens is 208 g/mol. The number of carboxylic acid groups (broad SMARTS) is 1. The molecule has 2 N–H and O–H groups in total. The first-order valence-corrected chi connectivity index (χ1v) is 6.00. The van der Waals surface area contributed by atoms with Gasteiger partial charge in [0.25, 0.3) is 0 Å². The monoisotopic (exact) mass is 230 g/mol. The first kappa shape index (κ1) is 13.5. The van der Waals surface area contributed by atoms with Crippen molar-refractivity contribution < 1.29 is 19.7 Å². The molecule has 3 atom stereocenters. The number of carbonyl (C=O) groups is 1. The van der Waals surface area contributed by atoms with Gasteiger partial charge in [-0.1, -0.05) is 13.8 Å². The molecule has 0 bridgehead atoms. The van der Waals surface area contributed by atoms with Crippen LogP contribution in [0.5, 0.6) is 0 Å². The van der Waals surface area contributed by atoms with Gasteiger partial charge in [0.15, 0.2) is 5.60 Å². The predicted molar refractivity (Wildman–Crippen MR) is 60.2 cm³/mol. The fraction of sp³-hybridized carbons (Fsp3) is 0.917. The molecule has 1 rings (SSSR count). The highest BCUT2D eigenvalue weighted by atomic mass is 16.5. The van der Waals surface area contributed by atoms with E-state index in [1.807, 2.05) is 0 Å². The molecule has 94 valence electrons. The molecule has 1 aliphatic rings. The molecule has 1 saturated carbocycles. The second-order valence-corrected chi connectivity index (χ2v) is 4.92. The Morgan fingerprint density at radius 1 is 1.44 bits per heavy atom. The van der Waals surface area contributed by atoms with Crippen LogP contribution in [-0.2, 0) is 9.53 Å². The summed E-state index contributed by atoms with van der Waals surface area (Å²) < 4.78 is 5.53. The maximum atomic E-state index is 11.3. The third-order valence-corrected chi connectivity index (χ3v) is 3.70. The van der Waals surface area contributed by atoms with E-state index < -0.39 is 11.6 Å². The van der Waals surface area contributed by atoms with Crippen LogP contribution in [0.4, 0.5) is 0 Å². The van der Waals surface area contributed by atoms with Crippen LogP contribution in [0, 0.1) is 11.8 Å². The average Bonchev–Trinajstić information content (AvgIpc) is 2.23. The quantitative estimate of drug-likeness (QED) is 0.705. The second-order valence-electron chi connectivity index (χ2n) is 4.92. The summed E-state index contributed by atoms with van der Waals surface area (Å²) in [6.07, 6.45) is 2.56. The number of hydrogen-bond donors (Lipinski definition) is 2. The van der Waals surface area contributed by atoms with E-state index in [-0.39, 0.29) is 6.61 Å². The van der Waals surface area contributed by atoms with Crippen molar-refractivity contribution in [3.8, 4) is 0 Å². The van der Waals surface area contributed by atoms with Crippen LogP contribution in [0.15, 0.2) is 0 Å². The molecular formula is C12H22O4. The number of carboxylic acids is 1. The van der Waals surface area contributed by atoms with E-state index in [2.05, 4.69) is 13.8 Å². The molecule has 0 heterocycles. The summed E-state index contributed by atoms with van der Waals surface area (Å²) in [5.74, 6) is 0.0806. The summed E-state index contributed by atoms with van der Waals surface area (Å²) in [7, 11) is 0. The van der Waals surface area contributed by atoms with E-state index in [0.29, 0.717) is 37.7 Å². The zero-order chi connectivity index (χ0) is 12.2. The second kappa shape index (κ2) is 5.64. The molecule has 1 aliphatic carbocycles. The van der Waals surface area contributed by atoms with Gasteiger partial charge >= 0.3 is 5.97 Å². The topological polar surface area (TPSA) is 66.8 Å². The number of aliphatic hydroxyl groups is 1. The number of rotatable bonds is 5. The van der Waals surface area contributed by atoms with Gasteiger partial charge in [0.05, 0.1) is 6.61 Å². The van der Waals surface area contributed by atoms with Crippen LogP contribution in [0.3, 0.4) is 0 Å². The minimum atomic E-state index is -1.01. The lowest BCUT2D eigenvalue weighted by Crippen LogP contribution is -2.47. The largest absolute Gasteiger partial charge is 0.479 e. The smallest absolute Gasteiger partial charge is 0.335 e. The SMILES string of the molecule is CC1CCC(OCCCO)(C(=O)O)CC1C. The van der Waals surface area contributed by atoms with Gasteiger partial charge in [0, 0.05) is 6.61 Å². The molecule has 0 aliphatic heterocycles. The van der Waals surface area contributed by atoms with Crippen LogP contribution in [-0.4, -0.2) is 35.0 Å². The van der Waals surface area contributed by atoms with Crippen molar-refractivity contribution in [1.82, 2.24) is 0 Å². The Morgan fingerprint density at radius 2 is 2.12 bits per heavy atom. The average molecular weight is 230 g/mol. The molecule has 0 aromatic carbocycles. The van der Waals surface area contributed by atoms with Crippen LogP contribution < -0.4 is 0 Å². The van der Waals surface area contributed by atoms with Gasteiger partial charge < -0.3 is 14.9 Å². The Balaban J connectivity index is 2.62. The van der Waals surface area contributed by atoms with E-state index >= 15 is 0 Å². The maximum absolute atomic E-state index is 11.3. The lowest BCUT2D eigenvalue weighted by atomic mass is 9.73. The van der Waals surface area contributed by atoms with Crippen molar-refractivity contribution in [1.29, 1.82) is 0 Å². The summed E-state index contributed by atoms with van der Waals surface area (Å²) >= 11 is 0. The molecule has 0 spiro atoms. The standard InChI is InChI=1S/C12H22O4/c1-9-4-5-12(11(14)15,8-10(9)2)16-7-3-6-13/h9-10,13H,3-8H2,1-2H3,(H,14,15). The van der Waals surface area contributed by atoms with Gasteiger partial charge in [-0.15, -0.1) is 0 Å². The van der Waals surface area contributed by atoms with Crippen LogP contribution in [0.1, 0.15) is 39.5 Å². The molecule has 4 nitrogen and oxygen atoms in total. The molecule has 16 heavy (non-hydrogen) atoms. The Kier molecular flexibility index (Phi) is 4.74. The lowest BCUT2D eigenvalue weighted by Gasteiger charge is -2.39. The van der Waals surface area contributed by atoms with E-state index in [9.17, 15) is 9.90 Å². The van der Waals surface area contributed by atoms with Crippen molar-refractivity contribution in [2.45, 2.75) is 45.1 Å². The lowest BCUT2D eigenvalue weighted by molar-refractivity contribution is -0.175. The van der Waals surface area contributed by atoms with Crippen molar-refractivity contribution in [2.75, 3.05) is 13.2 Å². The highest BCUT2D eigenvalue weighted by molar-refractivity contribution is 5.77. The normalized spacial score (nSPS) is 34.9. The van der Waals surface area contributed by atoms with Crippen molar-refractivity contribution >= 4 is 5.97 Å². The molecule has 0 amide bonds. The Labute approximate surface area is 96.6 Å². The maximum Gasteiger partial charge on any atom is 0.335 e. The van der Waals surface area contributed by atoms with Crippen molar-refractivity contribution in [3.05, 3.63) is 0 Å². The fourth-order valence-corrected chi connectivity index (χ4v) is 2.29. The summed E-state index contributed by atoms with van der Waals surface area (Å²) in [5, 5.41) is 18.0. The van der Waals surface area contributed by atoms with Gasteiger partial charge in [-0.05, 0) is 37.5 Å². The third kappa shape index (κ3) is 2.95. The van der Waals surface area contributed by atoms with Gasteiger partial charge in [-0.3, -0.25) is 0 Å². The van der Waals surface area contributed by atoms with Crippen molar-refractivity contribution in [2.24, 2.45) is 11.8 Å². The van der Waals surface area contributed by atoms with Gasteiger partial charge in [-0.25, -0.2) is 4.79 Å². The minimum absolute atomic E-state index is 0.0433.